The van der Waals surface area contributed by atoms with Crippen LogP contribution in [0.1, 0.15) is 11.3 Å². The topological polar surface area (TPSA) is 96.3 Å². The van der Waals surface area contributed by atoms with Crippen molar-refractivity contribution < 1.29 is 4.74 Å². The first kappa shape index (κ1) is 18.8. The molecule has 4 rings (SSSR count). The molecule has 0 aliphatic heterocycles. The number of halogens is 1. The van der Waals surface area contributed by atoms with Crippen molar-refractivity contribution >= 4 is 29.0 Å². The van der Waals surface area contributed by atoms with Crippen LogP contribution >= 0.6 is 11.6 Å². The number of rotatable bonds is 7. The number of hydrogen-bond acceptors (Lipinski definition) is 6. The molecule has 0 fully saturated rings. The number of methoxy groups -OCH3 is 1. The van der Waals surface area contributed by atoms with E-state index in [-0.39, 0.29) is 5.56 Å². The largest absolute Gasteiger partial charge is 0.497 e. The van der Waals surface area contributed by atoms with E-state index in [1.165, 1.54) is 10.6 Å². The third-order valence-corrected chi connectivity index (χ3v) is 4.70. The fourth-order valence-corrected chi connectivity index (χ4v) is 3.05. The van der Waals surface area contributed by atoms with Gasteiger partial charge >= 0.3 is 0 Å². The third-order valence-electron chi connectivity index (χ3n) is 4.33. The predicted octanol–water partition coefficient (Wildman–Crippen LogP) is 3.30. The van der Waals surface area contributed by atoms with Gasteiger partial charge in [0.05, 0.1) is 19.3 Å². The highest BCUT2D eigenvalue weighted by Crippen LogP contribution is 2.18. The summed E-state index contributed by atoms with van der Waals surface area (Å²) in [5, 5.41) is 9.93. The summed E-state index contributed by atoms with van der Waals surface area (Å²) in [6.45, 7) is 0.854. The van der Waals surface area contributed by atoms with Gasteiger partial charge in [0, 0.05) is 29.4 Å². The lowest BCUT2D eigenvalue weighted by atomic mass is 10.2. The molecule has 0 aliphatic carbocycles. The van der Waals surface area contributed by atoms with Crippen LogP contribution in [-0.4, -0.2) is 26.7 Å². The molecule has 0 atom stereocenters. The molecule has 148 valence electrons. The van der Waals surface area contributed by atoms with Gasteiger partial charge in [-0.3, -0.25) is 9.89 Å². The second-order valence-corrected chi connectivity index (χ2v) is 6.73. The number of H-pyrrole nitrogens is 1. The molecule has 3 N–H and O–H groups in total. The van der Waals surface area contributed by atoms with Crippen LogP contribution in [0.2, 0.25) is 5.02 Å². The Bertz CT molecular complexity index is 1200. The first-order chi connectivity index (χ1) is 14.1. The second-order valence-electron chi connectivity index (χ2n) is 6.32. The van der Waals surface area contributed by atoms with Crippen molar-refractivity contribution in [2.24, 2.45) is 0 Å². The fourth-order valence-electron chi connectivity index (χ4n) is 2.84. The van der Waals surface area contributed by atoms with Crippen LogP contribution in [0.4, 0.5) is 11.6 Å². The molecule has 0 saturated carbocycles. The van der Waals surface area contributed by atoms with E-state index in [0.717, 1.165) is 17.0 Å². The van der Waals surface area contributed by atoms with Gasteiger partial charge in [-0.15, -0.1) is 0 Å². The number of hydrogen-bond donors (Lipinski definition) is 3. The van der Waals surface area contributed by atoms with E-state index in [0.29, 0.717) is 35.5 Å². The smallest absolute Gasteiger partial charge is 0.274 e. The molecule has 9 heteroatoms. The van der Waals surface area contributed by atoms with Crippen molar-refractivity contribution in [3.63, 3.8) is 0 Å². The number of aromatic nitrogens is 4. The summed E-state index contributed by atoms with van der Waals surface area (Å²) >= 11 is 6.17. The van der Waals surface area contributed by atoms with Crippen LogP contribution in [0.5, 0.6) is 5.75 Å². The summed E-state index contributed by atoms with van der Waals surface area (Å²) in [6.07, 6.45) is 0. The lowest BCUT2D eigenvalue weighted by Crippen LogP contribution is -2.17. The van der Waals surface area contributed by atoms with Gasteiger partial charge in [-0.1, -0.05) is 35.9 Å². The van der Waals surface area contributed by atoms with Crippen molar-refractivity contribution in [3.8, 4) is 5.75 Å². The van der Waals surface area contributed by atoms with Crippen molar-refractivity contribution in [2.45, 2.75) is 13.1 Å². The molecule has 0 radical (unpaired) electrons. The zero-order valence-corrected chi connectivity index (χ0v) is 16.4. The fraction of sp³-hybridized carbons (Fsp3) is 0.150. The molecule has 2 aromatic heterocycles. The van der Waals surface area contributed by atoms with E-state index in [2.05, 4.69) is 25.7 Å². The highest BCUT2D eigenvalue weighted by atomic mass is 35.5. The molecule has 0 saturated heterocycles. The highest BCUT2D eigenvalue weighted by molar-refractivity contribution is 6.31. The van der Waals surface area contributed by atoms with Gasteiger partial charge in [-0.2, -0.15) is 9.50 Å². The maximum Gasteiger partial charge on any atom is 0.274 e. The Morgan fingerprint density at radius 1 is 1.07 bits per heavy atom. The van der Waals surface area contributed by atoms with Crippen LogP contribution in [0, 0.1) is 0 Å². The highest BCUT2D eigenvalue weighted by Gasteiger charge is 2.09. The monoisotopic (exact) mass is 410 g/mol. The van der Waals surface area contributed by atoms with Crippen LogP contribution in [0.25, 0.3) is 5.78 Å². The summed E-state index contributed by atoms with van der Waals surface area (Å²) in [7, 11) is 1.62. The number of nitrogens with one attached hydrogen (secondary N) is 3. The summed E-state index contributed by atoms with van der Waals surface area (Å²) in [6, 6.07) is 16.5. The van der Waals surface area contributed by atoms with Crippen molar-refractivity contribution in [2.75, 3.05) is 17.7 Å². The van der Waals surface area contributed by atoms with Crippen LogP contribution < -0.4 is 20.9 Å². The maximum absolute atomic E-state index is 12.4. The van der Waals surface area contributed by atoms with Crippen LogP contribution in [0.3, 0.4) is 0 Å². The number of benzene rings is 2. The lowest BCUT2D eigenvalue weighted by molar-refractivity contribution is 0.415. The van der Waals surface area contributed by atoms with E-state index >= 15 is 0 Å². The Balaban J connectivity index is 1.49. The van der Waals surface area contributed by atoms with Crippen molar-refractivity contribution in [1.29, 1.82) is 0 Å². The summed E-state index contributed by atoms with van der Waals surface area (Å²) < 4.78 is 6.51. The van der Waals surface area contributed by atoms with Gasteiger partial charge in [0.2, 0.25) is 5.95 Å². The molecule has 2 heterocycles. The standard InChI is InChI=1S/C20H19ClN6O2/c1-29-16-7-4-6-14(9-16)22-12-15-10-18(28)27-20(24-15)25-19(26-27)23-11-13-5-2-3-8-17(13)21/h2-10,22H,11-12H2,1H3,(H2,23,24,25,26). The van der Waals surface area contributed by atoms with Gasteiger partial charge < -0.3 is 15.4 Å². The first-order valence-electron chi connectivity index (χ1n) is 8.96. The number of aromatic amines is 1. The molecule has 29 heavy (non-hydrogen) atoms. The van der Waals surface area contributed by atoms with E-state index in [9.17, 15) is 4.79 Å². The predicted molar refractivity (Wildman–Crippen MR) is 113 cm³/mol. The SMILES string of the molecule is COc1cccc(NCc2cc(=O)n3[nH]c(NCc4ccccc4Cl)nc3n2)c1. The molecule has 2 aromatic carbocycles. The maximum atomic E-state index is 12.4. The summed E-state index contributed by atoms with van der Waals surface area (Å²) in [5.41, 5.74) is 2.14. The number of fused-ring (bicyclic) bond motifs is 1. The minimum Gasteiger partial charge on any atom is -0.497 e. The Labute approximate surface area is 171 Å². The summed E-state index contributed by atoms with van der Waals surface area (Å²) in [4.78, 5) is 21.2. The molecular weight excluding hydrogens is 392 g/mol. The minimum absolute atomic E-state index is 0.240. The lowest BCUT2D eigenvalue weighted by Gasteiger charge is -2.07. The third kappa shape index (κ3) is 4.33. The number of ether oxygens (including phenoxy) is 1. The molecular formula is C20H19ClN6O2. The number of nitrogens with zero attached hydrogens (tertiary/aromatic N) is 3. The Morgan fingerprint density at radius 3 is 2.76 bits per heavy atom. The van der Waals surface area contributed by atoms with Gasteiger partial charge in [-0.05, 0) is 23.8 Å². The molecule has 0 spiro atoms. The first-order valence-corrected chi connectivity index (χ1v) is 9.34. The Kier molecular flexibility index (Phi) is 5.35. The molecule has 4 aromatic rings. The zero-order chi connectivity index (χ0) is 20.2. The summed E-state index contributed by atoms with van der Waals surface area (Å²) in [5.74, 6) is 1.48. The van der Waals surface area contributed by atoms with E-state index in [1.54, 1.807) is 7.11 Å². The molecule has 0 aliphatic rings. The van der Waals surface area contributed by atoms with E-state index < -0.39 is 0 Å². The number of anilines is 2. The normalized spacial score (nSPS) is 10.8. The molecule has 0 bridgehead atoms. The van der Waals surface area contributed by atoms with Gasteiger partial charge in [0.1, 0.15) is 5.75 Å². The molecule has 8 nitrogen and oxygen atoms in total. The second kappa shape index (κ2) is 8.24. The van der Waals surface area contributed by atoms with Crippen LogP contribution in [0.15, 0.2) is 59.4 Å². The average Bonchev–Trinajstić information content (AvgIpc) is 3.15. The average molecular weight is 411 g/mol. The minimum atomic E-state index is -0.240. The van der Waals surface area contributed by atoms with Crippen molar-refractivity contribution in [1.82, 2.24) is 19.6 Å². The van der Waals surface area contributed by atoms with Crippen LogP contribution in [-0.2, 0) is 13.1 Å². The Hall–Kier alpha value is -3.52. The van der Waals surface area contributed by atoms with E-state index in [4.69, 9.17) is 16.3 Å². The Morgan fingerprint density at radius 2 is 1.93 bits per heavy atom. The molecule has 0 unspecified atom stereocenters. The van der Waals surface area contributed by atoms with E-state index in [1.807, 2.05) is 48.5 Å². The van der Waals surface area contributed by atoms with Gasteiger partial charge in [-0.25, -0.2) is 4.98 Å². The van der Waals surface area contributed by atoms with Gasteiger partial charge in [0.15, 0.2) is 0 Å². The van der Waals surface area contributed by atoms with Crippen molar-refractivity contribution in [3.05, 3.63) is 81.2 Å². The quantitative estimate of drug-likeness (QED) is 0.432. The molecule has 0 amide bonds. The van der Waals surface area contributed by atoms with Gasteiger partial charge in [0.25, 0.3) is 11.3 Å². The zero-order valence-electron chi connectivity index (χ0n) is 15.6.